The van der Waals surface area contributed by atoms with Gasteiger partial charge in [-0.15, -0.1) is 0 Å². The zero-order valence-electron chi connectivity index (χ0n) is 15.4. The van der Waals surface area contributed by atoms with Gasteiger partial charge in [0.05, 0.1) is 18.4 Å². The minimum Gasteiger partial charge on any atom is -0.482 e. The van der Waals surface area contributed by atoms with E-state index < -0.39 is 24.5 Å². The molecule has 2 aromatic rings. The molecule has 0 radical (unpaired) electrons. The Labute approximate surface area is 157 Å². The van der Waals surface area contributed by atoms with Crippen LogP contribution in [0.15, 0.2) is 42.5 Å². The predicted molar refractivity (Wildman–Crippen MR) is 98.8 cm³/mol. The lowest BCUT2D eigenvalue weighted by atomic mass is 10.1. The minimum atomic E-state index is -0.674. The Bertz CT molecular complexity index is 846. The van der Waals surface area contributed by atoms with Gasteiger partial charge in [0.25, 0.3) is 5.91 Å². The summed E-state index contributed by atoms with van der Waals surface area (Å²) in [6.07, 6.45) is 0. The second kappa shape index (κ2) is 9.38. The van der Waals surface area contributed by atoms with Crippen LogP contribution in [0.25, 0.3) is 0 Å². The van der Waals surface area contributed by atoms with Gasteiger partial charge in [-0.3, -0.25) is 4.79 Å². The molecule has 2 aromatic carbocycles. The van der Waals surface area contributed by atoms with E-state index in [4.69, 9.17) is 9.47 Å². The number of para-hydroxylation sites is 1. The molecular formula is C20H21NO6. The van der Waals surface area contributed by atoms with Crippen LogP contribution in [0.1, 0.15) is 21.5 Å². The van der Waals surface area contributed by atoms with Crippen LogP contribution in [0.5, 0.6) is 5.75 Å². The molecule has 7 heteroatoms. The SMILES string of the molecule is COC(=O)c1ccccc1NC(=O)COC(=O)COc1cc(C)ccc1C. The average molecular weight is 371 g/mol. The number of amides is 1. The maximum Gasteiger partial charge on any atom is 0.344 e. The number of benzene rings is 2. The molecule has 27 heavy (non-hydrogen) atoms. The van der Waals surface area contributed by atoms with Gasteiger partial charge in [0.2, 0.25) is 0 Å². The van der Waals surface area contributed by atoms with E-state index in [0.717, 1.165) is 11.1 Å². The maximum absolute atomic E-state index is 12.0. The molecule has 1 amide bonds. The topological polar surface area (TPSA) is 90.9 Å². The first-order valence-corrected chi connectivity index (χ1v) is 8.23. The molecule has 0 aromatic heterocycles. The van der Waals surface area contributed by atoms with Gasteiger partial charge < -0.3 is 19.5 Å². The molecular weight excluding hydrogens is 350 g/mol. The van der Waals surface area contributed by atoms with E-state index in [1.807, 2.05) is 32.0 Å². The van der Waals surface area contributed by atoms with Gasteiger partial charge in [0, 0.05) is 0 Å². The van der Waals surface area contributed by atoms with E-state index in [0.29, 0.717) is 5.75 Å². The highest BCUT2D eigenvalue weighted by Gasteiger charge is 2.14. The Kier molecular flexibility index (Phi) is 6.93. The Hall–Kier alpha value is -3.35. The van der Waals surface area contributed by atoms with Gasteiger partial charge in [-0.05, 0) is 43.2 Å². The lowest BCUT2D eigenvalue weighted by molar-refractivity contribution is -0.149. The molecule has 0 fully saturated rings. The van der Waals surface area contributed by atoms with E-state index in [1.54, 1.807) is 18.2 Å². The summed E-state index contributed by atoms with van der Waals surface area (Å²) in [6, 6.07) is 12.0. The molecule has 2 rings (SSSR count). The lowest BCUT2D eigenvalue weighted by Crippen LogP contribution is -2.24. The summed E-state index contributed by atoms with van der Waals surface area (Å²) >= 11 is 0. The second-order valence-corrected chi connectivity index (χ2v) is 5.80. The molecule has 0 atom stereocenters. The number of ether oxygens (including phenoxy) is 3. The highest BCUT2D eigenvalue weighted by molar-refractivity contribution is 6.01. The Morgan fingerprint density at radius 2 is 1.74 bits per heavy atom. The minimum absolute atomic E-state index is 0.206. The summed E-state index contributed by atoms with van der Waals surface area (Å²) < 4.78 is 15.0. The fraction of sp³-hybridized carbons (Fsp3) is 0.250. The summed E-state index contributed by atoms with van der Waals surface area (Å²) in [5.74, 6) is -1.24. The molecule has 142 valence electrons. The van der Waals surface area contributed by atoms with Crippen LogP contribution in [0, 0.1) is 13.8 Å². The zero-order valence-corrected chi connectivity index (χ0v) is 15.4. The van der Waals surface area contributed by atoms with Gasteiger partial charge in [-0.25, -0.2) is 9.59 Å². The molecule has 0 saturated heterocycles. The van der Waals surface area contributed by atoms with Crippen LogP contribution in [-0.4, -0.2) is 38.2 Å². The quantitative estimate of drug-likeness (QED) is 0.753. The molecule has 0 aliphatic rings. The fourth-order valence-corrected chi connectivity index (χ4v) is 2.25. The molecule has 7 nitrogen and oxygen atoms in total. The molecule has 0 saturated carbocycles. The molecule has 1 N–H and O–H groups in total. The molecule has 0 bridgehead atoms. The first-order chi connectivity index (χ1) is 12.9. The van der Waals surface area contributed by atoms with Crippen molar-refractivity contribution in [3.8, 4) is 5.75 Å². The van der Waals surface area contributed by atoms with Gasteiger partial charge in [-0.2, -0.15) is 0 Å². The Balaban J connectivity index is 1.84. The van der Waals surface area contributed by atoms with Crippen molar-refractivity contribution in [2.75, 3.05) is 25.6 Å². The van der Waals surface area contributed by atoms with Gasteiger partial charge in [-0.1, -0.05) is 24.3 Å². The number of carbonyl (C=O) groups is 3. The number of anilines is 1. The number of esters is 2. The predicted octanol–water partition coefficient (Wildman–Crippen LogP) is 2.65. The van der Waals surface area contributed by atoms with E-state index in [2.05, 4.69) is 10.1 Å². The third-order valence-corrected chi connectivity index (χ3v) is 3.66. The van der Waals surface area contributed by atoms with Crippen LogP contribution in [-0.2, 0) is 19.1 Å². The van der Waals surface area contributed by atoms with Crippen molar-refractivity contribution in [3.05, 3.63) is 59.2 Å². The van der Waals surface area contributed by atoms with E-state index in [9.17, 15) is 14.4 Å². The average Bonchev–Trinajstić information content (AvgIpc) is 2.67. The number of methoxy groups -OCH3 is 1. The number of rotatable bonds is 7. The van der Waals surface area contributed by atoms with Gasteiger partial charge in [0.1, 0.15) is 5.75 Å². The van der Waals surface area contributed by atoms with Crippen molar-refractivity contribution in [1.29, 1.82) is 0 Å². The summed E-state index contributed by atoms with van der Waals surface area (Å²) in [4.78, 5) is 35.4. The summed E-state index contributed by atoms with van der Waals surface area (Å²) in [7, 11) is 1.25. The maximum atomic E-state index is 12.0. The Morgan fingerprint density at radius 3 is 2.48 bits per heavy atom. The standard InChI is InChI=1S/C20H21NO6/c1-13-8-9-14(2)17(10-13)26-12-19(23)27-11-18(22)21-16-7-5-4-6-15(16)20(24)25-3/h4-10H,11-12H2,1-3H3,(H,21,22). The van der Waals surface area contributed by atoms with Crippen molar-refractivity contribution in [2.24, 2.45) is 0 Å². The highest BCUT2D eigenvalue weighted by atomic mass is 16.6. The number of hydrogen-bond acceptors (Lipinski definition) is 6. The van der Waals surface area contributed by atoms with Crippen LogP contribution >= 0.6 is 0 Å². The zero-order chi connectivity index (χ0) is 19.8. The van der Waals surface area contributed by atoms with Crippen LogP contribution in [0.4, 0.5) is 5.69 Å². The monoisotopic (exact) mass is 371 g/mol. The van der Waals surface area contributed by atoms with Crippen molar-refractivity contribution in [2.45, 2.75) is 13.8 Å². The van der Waals surface area contributed by atoms with Gasteiger partial charge >= 0.3 is 11.9 Å². The molecule has 0 aliphatic carbocycles. The van der Waals surface area contributed by atoms with E-state index in [1.165, 1.54) is 13.2 Å². The first-order valence-electron chi connectivity index (χ1n) is 8.23. The third kappa shape index (κ3) is 5.85. The largest absolute Gasteiger partial charge is 0.482 e. The smallest absolute Gasteiger partial charge is 0.344 e. The lowest BCUT2D eigenvalue weighted by Gasteiger charge is -2.11. The molecule has 0 spiro atoms. The summed E-state index contributed by atoms with van der Waals surface area (Å²) in [5.41, 5.74) is 2.38. The van der Waals surface area contributed by atoms with Crippen LogP contribution in [0.3, 0.4) is 0 Å². The van der Waals surface area contributed by atoms with Crippen molar-refractivity contribution in [1.82, 2.24) is 0 Å². The second-order valence-electron chi connectivity index (χ2n) is 5.80. The van der Waals surface area contributed by atoms with Crippen LogP contribution < -0.4 is 10.1 Å². The molecule has 0 unspecified atom stereocenters. The van der Waals surface area contributed by atoms with Crippen LogP contribution in [0.2, 0.25) is 0 Å². The first kappa shape index (κ1) is 20.0. The van der Waals surface area contributed by atoms with Crippen molar-refractivity contribution < 1.29 is 28.6 Å². The van der Waals surface area contributed by atoms with Gasteiger partial charge in [0.15, 0.2) is 13.2 Å². The van der Waals surface area contributed by atoms with Crippen molar-refractivity contribution in [3.63, 3.8) is 0 Å². The fourth-order valence-electron chi connectivity index (χ4n) is 2.25. The highest BCUT2D eigenvalue weighted by Crippen LogP contribution is 2.19. The summed E-state index contributed by atoms with van der Waals surface area (Å²) in [5, 5.41) is 2.51. The number of carbonyl (C=O) groups excluding carboxylic acids is 3. The number of hydrogen-bond donors (Lipinski definition) is 1. The third-order valence-electron chi connectivity index (χ3n) is 3.66. The molecule has 0 aliphatic heterocycles. The summed E-state index contributed by atoms with van der Waals surface area (Å²) in [6.45, 7) is 2.98. The van der Waals surface area contributed by atoms with Crippen molar-refractivity contribution >= 4 is 23.5 Å². The van der Waals surface area contributed by atoms with E-state index >= 15 is 0 Å². The Morgan fingerprint density at radius 1 is 1.00 bits per heavy atom. The number of aryl methyl sites for hydroxylation is 2. The molecule has 0 heterocycles. The van der Waals surface area contributed by atoms with E-state index in [-0.39, 0.29) is 17.9 Å². The normalized spacial score (nSPS) is 10.0. The number of nitrogens with one attached hydrogen (secondary N) is 1.